The zero-order chi connectivity index (χ0) is 20.3. The summed E-state index contributed by atoms with van der Waals surface area (Å²) in [6.07, 6.45) is 4.03. The van der Waals surface area contributed by atoms with E-state index >= 15 is 0 Å². The normalized spacial score (nSPS) is 17.6. The Morgan fingerprint density at radius 3 is 2.82 bits per heavy atom. The molecule has 1 aliphatic rings. The van der Waals surface area contributed by atoms with Crippen LogP contribution in [0.2, 0.25) is 0 Å². The summed E-state index contributed by atoms with van der Waals surface area (Å²) in [7, 11) is -3.69. The molecule has 1 aromatic heterocycles. The lowest BCUT2D eigenvalue weighted by Gasteiger charge is -2.19. The van der Waals surface area contributed by atoms with Gasteiger partial charge in [0.25, 0.3) is 0 Å². The molecule has 2 aromatic rings. The van der Waals surface area contributed by atoms with Gasteiger partial charge in [0.2, 0.25) is 21.8 Å². The third kappa shape index (κ3) is 4.31. The fourth-order valence-corrected chi connectivity index (χ4v) is 5.23. The van der Waals surface area contributed by atoms with Crippen LogP contribution in [0.1, 0.15) is 25.3 Å². The summed E-state index contributed by atoms with van der Waals surface area (Å²) in [5.41, 5.74) is 0.804. The predicted octanol–water partition coefficient (Wildman–Crippen LogP) is 0.949. The highest BCUT2D eigenvalue weighted by Gasteiger charge is 2.34. The van der Waals surface area contributed by atoms with E-state index in [1.54, 1.807) is 24.5 Å². The zero-order valence-corrected chi connectivity index (χ0v) is 16.8. The van der Waals surface area contributed by atoms with Crippen molar-refractivity contribution in [3.63, 3.8) is 0 Å². The van der Waals surface area contributed by atoms with Crippen molar-refractivity contribution in [1.29, 1.82) is 0 Å². The van der Waals surface area contributed by atoms with Crippen molar-refractivity contribution in [2.75, 3.05) is 19.6 Å². The van der Waals surface area contributed by atoms with E-state index in [2.05, 4.69) is 15.6 Å². The van der Waals surface area contributed by atoms with Crippen LogP contribution in [-0.2, 0) is 19.6 Å². The largest absolute Gasteiger partial charge is 0.356 e. The molecule has 1 aliphatic heterocycles. The van der Waals surface area contributed by atoms with Crippen LogP contribution in [0.5, 0.6) is 0 Å². The Labute approximate surface area is 164 Å². The molecule has 1 atom stereocenters. The van der Waals surface area contributed by atoms with E-state index in [1.807, 2.05) is 13.0 Å². The van der Waals surface area contributed by atoms with Crippen molar-refractivity contribution in [1.82, 2.24) is 19.9 Å². The Bertz CT molecular complexity index is 1000. The molecule has 9 heteroatoms. The molecule has 28 heavy (non-hydrogen) atoms. The lowest BCUT2D eigenvalue weighted by Crippen LogP contribution is -2.39. The van der Waals surface area contributed by atoms with E-state index in [9.17, 15) is 18.0 Å². The van der Waals surface area contributed by atoms with Gasteiger partial charge in [-0.05, 0) is 25.0 Å². The maximum atomic E-state index is 13.2. The van der Waals surface area contributed by atoms with E-state index in [0.29, 0.717) is 18.4 Å². The van der Waals surface area contributed by atoms with Crippen LogP contribution in [0.3, 0.4) is 0 Å². The summed E-state index contributed by atoms with van der Waals surface area (Å²) >= 11 is 0. The van der Waals surface area contributed by atoms with Gasteiger partial charge in [0.05, 0.1) is 4.90 Å². The van der Waals surface area contributed by atoms with E-state index in [0.717, 1.165) is 10.9 Å². The van der Waals surface area contributed by atoms with Gasteiger partial charge in [-0.2, -0.15) is 4.31 Å². The first-order chi connectivity index (χ1) is 13.3. The zero-order valence-electron chi connectivity index (χ0n) is 15.9. The first-order valence-corrected chi connectivity index (χ1v) is 10.6. The third-order valence-corrected chi connectivity index (χ3v) is 6.70. The topological polar surface area (TPSA) is 108 Å². The second kappa shape index (κ2) is 8.24. The number of aromatic nitrogens is 1. The van der Waals surface area contributed by atoms with Gasteiger partial charge in [0.1, 0.15) is 0 Å². The Balaban J connectivity index is 1.71. The van der Waals surface area contributed by atoms with E-state index in [-0.39, 0.29) is 42.3 Å². The van der Waals surface area contributed by atoms with Crippen LogP contribution in [0.25, 0.3) is 10.8 Å². The molecule has 0 aliphatic carbocycles. The van der Waals surface area contributed by atoms with E-state index in [4.69, 9.17) is 0 Å². The summed E-state index contributed by atoms with van der Waals surface area (Å²) in [5, 5.41) is 6.88. The van der Waals surface area contributed by atoms with Gasteiger partial charge < -0.3 is 10.6 Å². The van der Waals surface area contributed by atoms with Crippen molar-refractivity contribution in [3.05, 3.63) is 36.2 Å². The van der Waals surface area contributed by atoms with E-state index < -0.39 is 10.0 Å². The number of carbonyl (C=O) groups is 2. The van der Waals surface area contributed by atoms with Crippen molar-refractivity contribution < 1.29 is 18.0 Å². The van der Waals surface area contributed by atoms with Gasteiger partial charge in [0.15, 0.2) is 0 Å². The molecule has 0 bridgehead atoms. The quantitative estimate of drug-likeness (QED) is 0.745. The first kappa shape index (κ1) is 20.2. The molecule has 1 saturated heterocycles. The van der Waals surface area contributed by atoms with Crippen LogP contribution in [0.4, 0.5) is 0 Å². The molecule has 0 spiro atoms. The molecule has 8 nitrogen and oxygen atoms in total. The number of sulfonamides is 1. The molecular weight excluding hydrogens is 380 g/mol. The molecule has 2 amide bonds. The number of aryl methyl sites for hydroxylation is 1. The summed E-state index contributed by atoms with van der Waals surface area (Å²) in [4.78, 5) is 27.2. The predicted molar refractivity (Wildman–Crippen MR) is 105 cm³/mol. The minimum Gasteiger partial charge on any atom is -0.356 e. The molecule has 0 radical (unpaired) electrons. The van der Waals surface area contributed by atoms with Crippen LogP contribution in [-0.4, -0.2) is 55.2 Å². The highest BCUT2D eigenvalue weighted by atomic mass is 32.2. The van der Waals surface area contributed by atoms with E-state index in [1.165, 1.54) is 11.2 Å². The van der Waals surface area contributed by atoms with Gasteiger partial charge in [0, 0.05) is 62.2 Å². The number of pyridine rings is 1. The number of nitrogens with zero attached hydrogens (tertiary/aromatic N) is 2. The highest BCUT2D eigenvalue weighted by Crippen LogP contribution is 2.29. The molecule has 0 saturated carbocycles. The average Bonchev–Trinajstić information content (AvgIpc) is 3.10. The third-order valence-electron chi connectivity index (χ3n) is 4.79. The summed E-state index contributed by atoms with van der Waals surface area (Å²) in [6.45, 7) is 4.08. The number of hydrogen-bond donors (Lipinski definition) is 2. The van der Waals surface area contributed by atoms with Gasteiger partial charge in [-0.1, -0.05) is 12.1 Å². The maximum Gasteiger partial charge on any atom is 0.243 e. The lowest BCUT2D eigenvalue weighted by molar-refractivity contribution is -0.122. The number of rotatable bonds is 6. The minimum atomic E-state index is -3.69. The Hall–Kier alpha value is -2.52. The monoisotopic (exact) mass is 404 g/mol. The Kier molecular flexibility index (Phi) is 5.95. The number of amides is 2. The van der Waals surface area contributed by atoms with Crippen molar-refractivity contribution in [2.45, 2.75) is 37.6 Å². The van der Waals surface area contributed by atoms with Crippen molar-refractivity contribution in [2.24, 2.45) is 0 Å². The van der Waals surface area contributed by atoms with Gasteiger partial charge in [-0.25, -0.2) is 8.42 Å². The highest BCUT2D eigenvalue weighted by molar-refractivity contribution is 7.89. The Morgan fingerprint density at radius 2 is 2.07 bits per heavy atom. The molecule has 1 fully saturated rings. The number of fused-ring (bicyclic) bond motifs is 1. The number of hydrogen-bond acceptors (Lipinski definition) is 5. The molecule has 2 N–H and O–H groups in total. The number of benzene rings is 1. The molecular formula is C19H24N4O4S. The second-order valence-electron chi connectivity index (χ2n) is 6.96. The summed E-state index contributed by atoms with van der Waals surface area (Å²) in [5.74, 6) is -0.392. The van der Waals surface area contributed by atoms with Gasteiger partial charge in [-0.3, -0.25) is 14.6 Å². The molecule has 150 valence electrons. The van der Waals surface area contributed by atoms with Gasteiger partial charge in [-0.15, -0.1) is 0 Å². The fraction of sp³-hybridized carbons (Fsp3) is 0.421. The lowest BCUT2D eigenvalue weighted by atomic mass is 10.1. The summed E-state index contributed by atoms with van der Waals surface area (Å²) < 4.78 is 27.9. The SMILES string of the molecule is CC(=O)NCCC(=O)N[C@H]1CCN(S(=O)(=O)c2cccc3cncc(C)c23)C1. The fourth-order valence-electron chi connectivity index (χ4n) is 3.44. The van der Waals surface area contributed by atoms with Crippen LogP contribution < -0.4 is 10.6 Å². The summed E-state index contributed by atoms with van der Waals surface area (Å²) in [6, 6.07) is 4.94. The average molecular weight is 404 g/mol. The Morgan fingerprint density at radius 1 is 1.29 bits per heavy atom. The smallest absolute Gasteiger partial charge is 0.243 e. The maximum absolute atomic E-state index is 13.2. The minimum absolute atomic E-state index is 0.165. The first-order valence-electron chi connectivity index (χ1n) is 9.16. The van der Waals surface area contributed by atoms with Gasteiger partial charge >= 0.3 is 0 Å². The molecule has 0 unspecified atom stereocenters. The van der Waals surface area contributed by atoms with Crippen molar-refractivity contribution >= 4 is 32.6 Å². The molecule has 2 heterocycles. The number of nitrogens with one attached hydrogen (secondary N) is 2. The second-order valence-corrected chi connectivity index (χ2v) is 8.87. The standard InChI is InChI=1S/C19H24N4O4S/c1-13-10-20-11-15-4-3-5-17(19(13)15)28(26,27)23-9-7-16(12-23)22-18(25)6-8-21-14(2)24/h3-5,10-11,16H,6-9,12H2,1-2H3,(H,21,24)(H,22,25)/t16-/m0/s1. The van der Waals surface area contributed by atoms with Crippen LogP contribution in [0, 0.1) is 6.92 Å². The molecule has 3 rings (SSSR count). The van der Waals surface area contributed by atoms with Crippen LogP contribution >= 0.6 is 0 Å². The molecule has 1 aromatic carbocycles. The number of carbonyl (C=O) groups excluding carboxylic acids is 2. The van der Waals surface area contributed by atoms with Crippen LogP contribution in [0.15, 0.2) is 35.5 Å². The van der Waals surface area contributed by atoms with Crippen molar-refractivity contribution in [3.8, 4) is 0 Å².